The average molecular weight is 203 g/mol. The van der Waals surface area contributed by atoms with Gasteiger partial charge in [0.25, 0.3) is 0 Å². The fraction of sp³-hybridized carbons (Fsp3) is 0.333. The van der Waals surface area contributed by atoms with E-state index in [1.807, 2.05) is 30.3 Å². The Morgan fingerprint density at radius 3 is 2.33 bits per heavy atom. The van der Waals surface area contributed by atoms with Gasteiger partial charge in [-0.05, 0) is 12.0 Å². The van der Waals surface area contributed by atoms with Crippen LogP contribution in [0.4, 0.5) is 0 Å². The summed E-state index contributed by atoms with van der Waals surface area (Å²) >= 11 is 0. The number of rotatable bonds is 2. The third-order valence-electron chi connectivity index (χ3n) is 2.90. The first kappa shape index (κ1) is 9.90. The van der Waals surface area contributed by atoms with Gasteiger partial charge in [-0.2, -0.15) is 0 Å². The van der Waals surface area contributed by atoms with E-state index in [9.17, 15) is 9.59 Å². The predicted octanol–water partition coefficient (Wildman–Crippen LogP) is 1.14. The van der Waals surface area contributed by atoms with Crippen molar-refractivity contribution < 1.29 is 9.59 Å². The highest BCUT2D eigenvalue weighted by Crippen LogP contribution is 2.22. The molecule has 0 saturated carbocycles. The van der Waals surface area contributed by atoms with E-state index in [0.29, 0.717) is 6.42 Å². The van der Waals surface area contributed by atoms with Gasteiger partial charge in [-0.1, -0.05) is 37.3 Å². The molecule has 3 heteroatoms. The molecule has 2 rings (SSSR count). The molecule has 2 unspecified atom stereocenters. The molecule has 1 aromatic carbocycles. The number of benzene rings is 1. The maximum Gasteiger partial charge on any atom is 0.230 e. The normalized spacial score (nSPS) is 25.4. The van der Waals surface area contributed by atoms with Crippen molar-refractivity contribution in [2.75, 3.05) is 0 Å². The zero-order chi connectivity index (χ0) is 10.8. The van der Waals surface area contributed by atoms with E-state index in [2.05, 4.69) is 5.32 Å². The second-order valence-corrected chi connectivity index (χ2v) is 3.94. The summed E-state index contributed by atoms with van der Waals surface area (Å²) in [6, 6.07) is 9.77. The van der Waals surface area contributed by atoms with Crippen LogP contribution in [0.1, 0.15) is 12.5 Å². The summed E-state index contributed by atoms with van der Waals surface area (Å²) < 4.78 is 0. The van der Waals surface area contributed by atoms with Crippen molar-refractivity contribution in [3.8, 4) is 0 Å². The molecule has 0 radical (unpaired) electrons. The van der Waals surface area contributed by atoms with Crippen LogP contribution in [0.2, 0.25) is 0 Å². The Hall–Kier alpha value is -1.64. The Morgan fingerprint density at radius 2 is 1.80 bits per heavy atom. The molecule has 3 nitrogen and oxygen atoms in total. The van der Waals surface area contributed by atoms with Crippen molar-refractivity contribution in [2.45, 2.75) is 13.3 Å². The lowest BCUT2D eigenvalue weighted by Gasteiger charge is -2.10. The lowest BCUT2D eigenvalue weighted by Crippen LogP contribution is -2.22. The molecule has 1 aromatic rings. The molecule has 1 aliphatic heterocycles. The number of hydrogen-bond acceptors (Lipinski definition) is 2. The highest BCUT2D eigenvalue weighted by Gasteiger charge is 2.37. The molecule has 0 aromatic heterocycles. The van der Waals surface area contributed by atoms with Gasteiger partial charge in [-0.15, -0.1) is 0 Å². The molecular formula is C12H13NO2. The molecule has 0 aliphatic carbocycles. The summed E-state index contributed by atoms with van der Waals surface area (Å²) in [5, 5.41) is 2.36. The standard InChI is InChI=1S/C12H13NO2/c1-8-10(12(15)13-11(8)14)7-9-5-3-2-4-6-9/h2-6,8,10H,7H2,1H3,(H,13,14,15). The Bertz CT molecular complexity index is 386. The van der Waals surface area contributed by atoms with Crippen LogP contribution in [0.5, 0.6) is 0 Å². The molecule has 2 atom stereocenters. The van der Waals surface area contributed by atoms with Crippen LogP contribution in [0.3, 0.4) is 0 Å². The van der Waals surface area contributed by atoms with E-state index < -0.39 is 0 Å². The minimum absolute atomic E-state index is 0.142. The van der Waals surface area contributed by atoms with Gasteiger partial charge in [-0.3, -0.25) is 14.9 Å². The highest BCUT2D eigenvalue weighted by atomic mass is 16.2. The zero-order valence-corrected chi connectivity index (χ0v) is 8.57. The van der Waals surface area contributed by atoms with Gasteiger partial charge in [0, 0.05) is 5.92 Å². The summed E-state index contributed by atoms with van der Waals surface area (Å²) in [5.41, 5.74) is 1.10. The van der Waals surface area contributed by atoms with Crippen molar-refractivity contribution in [1.29, 1.82) is 0 Å². The molecule has 78 valence electrons. The molecule has 1 heterocycles. The minimum atomic E-state index is -0.210. The first-order valence-electron chi connectivity index (χ1n) is 5.07. The van der Waals surface area contributed by atoms with E-state index in [1.54, 1.807) is 6.92 Å². The number of nitrogens with one attached hydrogen (secondary N) is 1. The van der Waals surface area contributed by atoms with Crippen LogP contribution >= 0.6 is 0 Å². The van der Waals surface area contributed by atoms with Gasteiger partial charge in [0.05, 0.1) is 5.92 Å². The average Bonchev–Trinajstić information content (AvgIpc) is 2.47. The molecule has 2 amide bonds. The third-order valence-corrected chi connectivity index (χ3v) is 2.90. The molecule has 0 spiro atoms. The Morgan fingerprint density at radius 1 is 1.13 bits per heavy atom. The number of amides is 2. The van der Waals surface area contributed by atoms with E-state index >= 15 is 0 Å². The van der Waals surface area contributed by atoms with Crippen molar-refractivity contribution in [1.82, 2.24) is 5.32 Å². The molecular weight excluding hydrogens is 190 g/mol. The minimum Gasteiger partial charge on any atom is -0.296 e. The quantitative estimate of drug-likeness (QED) is 0.732. The Balaban J connectivity index is 2.13. The van der Waals surface area contributed by atoms with Crippen LogP contribution in [0.15, 0.2) is 30.3 Å². The fourth-order valence-corrected chi connectivity index (χ4v) is 1.88. The van der Waals surface area contributed by atoms with Gasteiger partial charge in [-0.25, -0.2) is 0 Å². The number of carbonyl (C=O) groups excluding carboxylic acids is 2. The summed E-state index contributed by atoms with van der Waals surface area (Å²) in [6.07, 6.45) is 0.638. The van der Waals surface area contributed by atoms with Gasteiger partial charge >= 0.3 is 0 Å². The molecule has 1 aliphatic rings. The SMILES string of the molecule is CC1C(=O)NC(=O)C1Cc1ccccc1. The topological polar surface area (TPSA) is 46.2 Å². The fourth-order valence-electron chi connectivity index (χ4n) is 1.88. The van der Waals surface area contributed by atoms with Gasteiger partial charge in [0.15, 0.2) is 0 Å². The predicted molar refractivity (Wildman–Crippen MR) is 55.9 cm³/mol. The summed E-state index contributed by atoms with van der Waals surface area (Å²) in [7, 11) is 0. The summed E-state index contributed by atoms with van der Waals surface area (Å²) in [5.74, 6) is -0.713. The van der Waals surface area contributed by atoms with E-state index in [0.717, 1.165) is 5.56 Å². The zero-order valence-electron chi connectivity index (χ0n) is 8.57. The van der Waals surface area contributed by atoms with Crippen LogP contribution in [0.25, 0.3) is 0 Å². The maximum atomic E-state index is 11.5. The van der Waals surface area contributed by atoms with Crippen molar-refractivity contribution >= 4 is 11.8 Å². The Kier molecular flexibility index (Phi) is 2.54. The van der Waals surface area contributed by atoms with E-state index in [1.165, 1.54) is 0 Å². The number of imide groups is 1. The Labute approximate surface area is 88.5 Å². The van der Waals surface area contributed by atoms with Crippen LogP contribution in [-0.2, 0) is 16.0 Å². The van der Waals surface area contributed by atoms with E-state index in [-0.39, 0.29) is 23.7 Å². The lowest BCUT2D eigenvalue weighted by atomic mass is 9.90. The van der Waals surface area contributed by atoms with Gasteiger partial charge in [0.1, 0.15) is 0 Å². The number of hydrogen-bond donors (Lipinski definition) is 1. The largest absolute Gasteiger partial charge is 0.296 e. The summed E-state index contributed by atoms with van der Waals surface area (Å²) in [6.45, 7) is 1.80. The van der Waals surface area contributed by atoms with Crippen molar-refractivity contribution in [2.24, 2.45) is 11.8 Å². The highest BCUT2D eigenvalue weighted by molar-refractivity contribution is 6.04. The monoisotopic (exact) mass is 203 g/mol. The first-order valence-corrected chi connectivity index (χ1v) is 5.07. The van der Waals surface area contributed by atoms with Crippen LogP contribution < -0.4 is 5.32 Å². The molecule has 1 saturated heterocycles. The smallest absolute Gasteiger partial charge is 0.230 e. The van der Waals surface area contributed by atoms with Gasteiger partial charge in [0.2, 0.25) is 11.8 Å². The van der Waals surface area contributed by atoms with Crippen LogP contribution in [-0.4, -0.2) is 11.8 Å². The molecule has 0 bridgehead atoms. The summed E-state index contributed by atoms with van der Waals surface area (Å²) in [4.78, 5) is 22.7. The maximum absolute atomic E-state index is 11.5. The van der Waals surface area contributed by atoms with Crippen LogP contribution in [0, 0.1) is 11.8 Å². The van der Waals surface area contributed by atoms with Gasteiger partial charge < -0.3 is 0 Å². The number of carbonyl (C=O) groups is 2. The molecule has 1 N–H and O–H groups in total. The lowest BCUT2D eigenvalue weighted by molar-refractivity contribution is -0.126. The van der Waals surface area contributed by atoms with Crippen molar-refractivity contribution in [3.63, 3.8) is 0 Å². The second-order valence-electron chi connectivity index (χ2n) is 3.94. The van der Waals surface area contributed by atoms with E-state index in [4.69, 9.17) is 0 Å². The third kappa shape index (κ3) is 1.91. The first-order chi connectivity index (χ1) is 7.18. The molecule has 1 fully saturated rings. The molecule has 15 heavy (non-hydrogen) atoms. The van der Waals surface area contributed by atoms with Crippen molar-refractivity contribution in [3.05, 3.63) is 35.9 Å². The second kappa shape index (κ2) is 3.85.